The lowest BCUT2D eigenvalue weighted by atomic mass is 9.85. The molecule has 2 heteroatoms. The molecule has 1 aromatic rings. The molecule has 31 heavy (non-hydrogen) atoms. The fraction of sp³-hybridized carbons (Fsp3) is 0.586. The van der Waals surface area contributed by atoms with Gasteiger partial charge in [-0.3, -0.25) is 0 Å². The summed E-state index contributed by atoms with van der Waals surface area (Å²) in [5.41, 5.74) is 8.45. The van der Waals surface area contributed by atoms with Crippen molar-refractivity contribution >= 4 is 0 Å². The molecule has 0 saturated carbocycles. The number of phenols is 1. The van der Waals surface area contributed by atoms with Crippen LogP contribution in [-0.2, 0) is 6.42 Å². The molecule has 0 aliphatic carbocycles. The van der Waals surface area contributed by atoms with Crippen LogP contribution in [0.4, 0.5) is 0 Å². The highest BCUT2D eigenvalue weighted by atomic mass is 16.5. The lowest BCUT2D eigenvalue weighted by Crippen LogP contribution is -2.37. The fourth-order valence-electron chi connectivity index (χ4n) is 4.43. The number of benzene rings is 1. The average molecular weight is 425 g/mol. The summed E-state index contributed by atoms with van der Waals surface area (Å²) in [7, 11) is 0. The lowest BCUT2D eigenvalue weighted by Gasteiger charge is -2.38. The number of rotatable bonds is 9. The quantitative estimate of drug-likeness (QED) is 0.402. The molecule has 1 N–H and O–H groups in total. The Balaban J connectivity index is 1.88. The van der Waals surface area contributed by atoms with Crippen molar-refractivity contribution in [3.8, 4) is 11.5 Å². The van der Waals surface area contributed by atoms with E-state index in [0.717, 1.165) is 67.4 Å². The van der Waals surface area contributed by atoms with Gasteiger partial charge in [0, 0.05) is 5.56 Å². The summed E-state index contributed by atoms with van der Waals surface area (Å²) in [5, 5.41) is 10.4. The maximum Gasteiger partial charge on any atom is 0.127 e. The summed E-state index contributed by atoms with van der Waals surface area (Å²) in [5.74, 6) is 1.44. The average Bonchev–Trinajstić information content (AvgIpc) is 2.70. The van der Waals surface area contributed by atoms with Crippen molar-refractivity contribution in [2.75, 3.05) is 0 Å². The molecule has 172 valence electrons. The zero-order valence-electron chi connectivity index (χ0n) is 21.2. The van der Waals surface area contributed by atoms with Gasteiger partial charge in [0.2, 0.25) is 0 Å². The van der Waals surface area contributed by atoms with Crippen LogP contribution in [0.25, 0.3) is 0 Å². The summed E-state index contributed by atoms with van der Waals surface area (Å²) < 4.78 is 6.56. The Morgan fingerprint density at radius 1 is 0.871 bits per heavy atom. The van der Waals surface area contributed by atoms with Gasteiger partial charge in [-0.2, -0.15) is 0 Å². The highest BCUT2D eigenvalue weighted by molar-refractivity contribution is 5.58. The molecule has 1 aliphatic rings. The summed E-state index contributed by atoms with van der Waals surface area (Å²) >= 11 is 0. The van der Waals surface area contributed by atoms with Gasteiger partial charge >= 0.3 is 0 Å². The van der Waals surface area contributed by atoms with E-state index in [1.54, 1.807) is 0 Å². The van der Waals surface area contributed by atoms with E-state index in [2.05, 4.69) is 59.8 Å². The fourth-order valence-corrected chi connectivity index (χ4v) is 4.43. The summed E-state index contributed by atoms with van der Waals surface area (Å²) in [6, 6.07) is 0. The van der Waals surface area contributed by atoms with Crippen LogP contribution in [0.15, 0.2) is 34.9 Å². The zero-order valence-corrected chi connectivity index (χ0v) is 21.2. The third kappa shape index (κ3) is 7.02. The van der Waals surface area contributed by atoms with Crippen LogP contribution in [-0.4, -0.2) is 10.7 Å². The van der Waals surface area contributed by atoms with Crippen molar-refractivity contribution in [3.63, 3.8) is 0 Å². The summed E-state index contributed by atoms with van der Waals surface area (Å²) in [6.07, 6.45) is 15.8. The third-order valence-electron chi connectivity index (χ3n) is 6.88. The first-order valence-electron chi connectivity index (χ1n) is 12.0. The van der Waals surface area contributed by atoms with Crippen molar-refractivity contribution in [2.24, 2.45) is 0 Å². The molecule has 2 nitrogen and oxygen atoms in total. The van der Waals surface area contributed by atoms with Gasteiger partial charge in [0.15, 0.2) is 0 Å². The lowest BCUT2D eigenvalue weighted by molar-refractivity contribution is 0.0558. The predicted octanol–water partition coefficient (Wildman–Crippen LogP) is 8.60. The van der Waals surface area contributed by atoms with Gasteiger partial charge < -0.3 is 9.84 Å². The first-order chi connectivity index (χ1) is 14.5. The van der Waals surface area contributed by atoms with E-state index in [1.807, 2.05) is 13.8 Å². The van der Waals surface area contributed by atoms with Gasteiger partial charge in [0.1, 0.15) is 17.1 Å². The van der Waals surface area contributed by atoms with Crippen molar-refractivity contribution in [3.05, 3.63) is 57.2 Å². The normalized spacial score (nSPS) is 19.1. The summed E-state index contributed by atoms with van der Waals surface area (Å²) in [6.45, 7) is 17.1. The second-order valence-corrected chi connectivity index (χ2v) is 10.1. The van der Waals surface area contributed by atoms with Crippen LogP contribution in [0.1, 0.15) is 102 Å². The molecule has 1 atom stereocenters. The number of hydrogen-bond donors (Lipinski definition) is 1. The molecule has 0 radical (unpaired) electrons. The van der Waals surface area contributed by atoms with Crippen molar-refractivity contribution in [2.45, 2.75) is 112 Å². The van der Waals surface area contributed by atoms with E-state index in [0.29, 0.717) is 5.75 Å². The molecule has 0 saturated heterocycles. The van der Waals surface area contributed by atoms with E-state index in [4.69, 9.17) is 4.74 Å². The zero-order chi connectivity index (χ0) is 23.2. The van der Waals surface area contributed by atoms with Crippen LogP contribution >= 0.6 is 0 Å². The van der Waals surface area contributed by atoms with E-state index < -0.39 is 0 Å². The predicted molar refractivity (Wildman–Crippen MR) is 134 cm³/mol. The highest BCUT2D eigenvalue weighted by Crippen LogP contribution is 2.44. The number of hydrogen-bond acceptors (Lipinski definition) is 2. The maximum atomic E-state index is 10.4. The Hall–Kier alpha value is -1.96. The maximum absolute atomic E-state index is 10.4. The second kappa shape index (κ2) is 11.1. The van der Waals surface area contributed by atoms with E-state index >= 15 is 0 Å². The Morgan fingerprint density at radius 2 is 1.45 bits per heavy atom. The molecule has 0 aromatic heterocycles. The first kappa shape index (κ1) is 25.3. The number of allylic oxidation sites excluding steroid dienone is 6. The van der Waals surface area contributed by atoms with Crippen LogP contribution in [0, 0.1) is 20.8 Å². The minimum absolute atomic E-state index is 0.133. The molecular formula is C29H44O2. The van der Waals surface area contributed by atoms with Gasteiger partial charge in [-0.05, 0) is 123 Å². The van der Waals surface area contributed by atoms with Gasteiger partial charge in [-0.1, -0.05) is 34.9 Å². The Bertz CT molecular complexity index is 865. The van der Waals surface area contributed by atoms with E-state index in [-0.39, 0.29) is 5.60 Å². The van der Waals surface area contributed by atoms with E-state index in [9.17, 15) is 5.11 Å². The molecule has 0 fully saturated rings. The molecule has 2 rings (SSSR count). The highest BCUT2D eigenvalue weighted by Gasteiger charge is 2.33. The number of phenolic OH excluding ortho intramolecular Hbond substituents is 1. The number of fused-ring (bicyclic) bond motifs is 1. The molecule has 1 aliphatic heterocycles. The minimum Gasteiger partial charge on any atom is -0.507 e. The molecule has 0 bridgehead atoms. The van der Waals surface area contributed by atoms with Gasteiger partial charge in [-0.15, -0.1) is 0 Å². The van der Waals surface area contributed by atoms with Crippen LogP contribution < -0.4 is 4.74 Å². The minimum atomic E-state index is -0.133. The monoisotopic (exact) mass is 424 g/mol. The van der Waals surface area contributed by atoms with Gasteiger partial charge in [-0.25, -0.2) is 0 Å². The molecule has 1 heterocycles. The van der Waals surface area contributed by atoms with Crippen LogP contribution in [0.2, 0.25) is 0 Å². The first-order valence-corrected chi connectivity index (χ1v) is 12.0. The number of aromatic hydroxyl groups is 1. The smallest absolute Gasteiger partial charge is 0.127 e. The third-order valence-corrected chi connectivity index (χ3v) is 6.88. The Morgan fingerprint density at radius 3 is 2.06 bits per heavy atom. The molecule has 1 aromatic carbocycles. The van der Waals surface area contributed by atoms with Crippen LogP contribution in [0.3, 0.4) is 0 Å². The largest absolute Gasteiger partial charge is 0.507 e. The summed E-state index contributed by atoms with van der Waals surface area (Å²) in [4.78, 5) is 0. The molecule has 0 unspecified atom stereocenters. The Labute approximate surface area is 191 Å². The van der Waals surface area contributed by atoms with Gasteiger partial charge in [0.25, 0.3) is 0 Å². The van der Waals surface area contributed by atoms with Gasteiger partial charge in [0.05, 0.1) is 0 Å². The van der Waals surface area contributed by atoms with E-state index in [1.165, 1.54) is 28.7 Å². The standard InChI is InChI=1S/C29H44O2/c1-20(2)12-9-13-21(3)14-10-15-22(4)16-11-18-29(8)19-17-26-25(7)27(30)23(5)24(6)28(26)31-29/h12,14,16,30H,9-11,13,15,17-19H2,1-8H3/b21-14-,22-16+/t29-/m0/s1. The van der Waals surface area contributed by atoms with Crippen LogP contribution in [0.5, 0.6) is 11.5 Å². The number of ether oxygens (including phenoxy) is 1. The SMILES string of the molecule is CC(C)=CCC/C(C)=C\CC/C(C)=C/CC[C@@]1(C)CCc2c(C)c(O)c(C)c(C)c2O1. The molecule has 0 amide bonds. The van der Waals surface area contributed by atoms with Crippen molar-refractivity contribution < 1.29 is 9.84 Å². The molecule has 0 spiro atoms. The Kier molecular flexibility index (Phi) is 9.03. The van der Waals surface area contributed by atoms with Crippen molar-refractivity contribution in [1.29, 1.82) is 0 Å². The topological polar surface area (TPSA) is 29.5 Å². The second-order valence-electron chi connectivity index (χ2n) is 10.1. The van der Waals surface area contributed by atoms with Crippen molar-refractivity contribution in [1.82, 2.24) is 0 Å². The molecular weight excluding hydrogens is 380 g/mol.